The van der Waals surface area contributed by atoms with Crippen LogP contribution in [0.25, 0.3) is 0 Å². The van der Waals surface area contributed by atoms with E-state index in [1.807, 2.05) is 6.92 Å². The summed E-state index contributed by atoms with van der Waals surface area (Å²) in [6.45, 7) is 3.06. The van der Waals surface area contributed by atoms with Gasteiger partial charge >= 0.3 is 6.03 Å². The number of rotatable bonds is 4. The Hall–Kier alpha value is -1.74. The van der Waals surface area contributed by atoms with Crippen molar-refractivity contribution >= 4 is 16.1 Å². The van der Waals surface area contributed by atoms with Crippen LogP contribution in [0.1, 0.15) is 13.3 Å². The molecule has 1 fully saturated rings. The summed E-state index contributed by atoms with van der Waals surface area (Å²) in [5, 5.41) is 2.72. The van der Waals surface area contributed by atoms with Crippen LogP contribution < -0.4 is 5.32 Å². The minimum atomic E-state index is -4.04. The lowest BCUT2D eigenvalue weighted by Gasteiger charge is -2.34. The summed E-state index contributed by atoms with van der Waals surface area (Å²) in [6.07, 6.45) is 0.809. The average molecular weight is 347 g/mol. The molecule has 0 spiro atoms. The molecule has 1 aromatic carbocycles. The standard InChI is InChI=1S/C14H19F2N3O3S/c1-2-5-17-14(20)18-6-8-19(9-7-18)23(21,22)13-4-3-11(15)10-12(13)16/h3-4,10H,2,5-9H2,1H3,(H,17,20). The van der Waals surface area contributed by atoms with E-state index >= 15 is 0 Å². The Morgan fingerprint density at radius 3 is 2.43 bits per heavy atom. The maximum atomic E-state index is 13.7. The Labute approximate surface area is 134 Å². The van der Waals surface area contributed by atoms with Crippen LogP contribution in [0.3, 0.4) is 0 Å². The molecule has 128 valence electrons. The number of carbonyl (C=O) groups is 1. The van der Waals surface area contributed by atoms with Crippen LogP contribution >= 0.6 is 0 Å². The van der Waals surface area contributed by atoms with Crippen molar-refractivity contribution in [1.82, 2.24) is 14.5 Å². The van der Waals surface area contributed by atoms with Crippen LogP contribution in [-0.4, -0.2) is 56.4 Å². The first-order valence-corrected chi connectivity index (χ1v) is 8.78. The highest BCUT2D eigenvalue weighted by atomic mass is 32.2. The lowest BCUT2D eigenvalue weighted by atomic mass is 10.3. The van der Waals surface area contributed by atoms with Gasteiger partial charge in [-0.3, -0.25) is 0 Å². The first kappa shape index (κ1) is 17.6. The Morgan fingerprint density at radius 1 is 1.22 bits per heavy atom. The first-order valence-electron chi connectivity index (χ1n) is 7.34. The zero-order chi connectivity index (χ0) is 17.0. The Balaban J connectivity index is 2.05. The van der Waals surface area contributed by atoms with Crippen LogP contribution in [0.15, 0.2) is 23.1 Å². The van der Waals surface area contributed by atoms with Crippen molar-refractivity contribution in [1.29, 1.82) is 0 Å². The lowest BCUT2D eigenvalue weighted by molar-refractivity contribution is 0.172. The van der Waals surface area contributed by atoms with Crippen molar-refractivity contribution in [2.45, 2.75) is 18.2 Å². The number of halogens is 2. The van der Waals surface area contributed by atoms with Crippen LogP contribution in [0, 0.1) is 11.6 Å². The normalized spacial score (nSPS) is 16.4. The maximum Gasteiger partial charge on any atom is 0.317 e. The molecule has 1 aliphatic heterocycles. The predicted molar refractivity (Wildman–Crippen MR) is 80.4 cm³/mol. The van der Waals surface area contributed by atoms with Crippen molar-refractivity contribution in [3.63, 3.8) is 0 Å². The van der Waals surface area contributed by atoms with Crippen molar-refractivity contribution in [3.8, 4) is 0 Å². The Morgan fingerprint density at radius 2 is 1.87 bits per heavy atom. The topological polar surface area (TPSA) is 69.7 Å². The van der Waals surface area contributed by atoms with Gasteiger partial charge in [0, 0.05) is 38.8 Å². The number of sulfonamides is 1. The van der Waals surface area contributed by atoms with Gasteiger partial charge in [-0.05, 0) is 18.6 Å². The van der Waals surface area contributed by atoms with E-state index in [2.05, 4.69) is 5.32 Å². The molecule has 0 aliphatic carbocycles. The fraction of sp³-hybridized carbons (Fsp3) is 0.500. The summed E-state index contributed by atoms with van der Waals surface area (Å²) >= 11 is 0. The number of carbonyl (C=O) groups excluding carboxylic acids is 1. The zero-order valence-corrected chi connectivity index (χ0v) is 13.6. The van der Waals surface area contributed by atoms with E-state index in [0.717, 1.165) is 22.9 Å². The summed E-state index contributed by atoms with van der Waals surface area (Å²) in [4.78, 5) is 12.8. The van der Waals surface area contributed by atoms with Gasteiger partial charge in [0.15, 0.2) is 0 Å². The van der Waals surface area contributed by atoms with Gasteiger partial charge in [0.25, 0.3) is 0 Å². The lowest BCUT2D eigenvalue weighted by Crippen LogP contribution is -2.53. The second-order valence-electron chi connectivity index (χ2n) is 5.20. The molecular weight excluding hydrogens is 328 g/mol. The minimum Gasteiger partial charge on any atom is -0.338 e. The molecule has 1 N–H and O–H groups in total. The number of benzene rings is 1. The van der Waals surface area contributed by atoms with E-state index in [-0.39, 0.29) is 32.2 Å². The molecule has 1 heterocycles. The molecule has 0 aromatic heterocycles. The smallest absolute Gasteiger partial charge is 0.317 e. The van der Waals surface area contributed by atoms with Gasteiger partial charge in [-0.15, -0.1) is 0 Å². The van der Waals surface area contributed by atoms with E-state index in [0.29, 0.717) is 12.6 Å². The quantitative estimate of drug-likeness (QED) is 0.895. The summed E-state index contributed by atoms with van der Waals surface area (Å²) in [5.74, 6) is -1.95. The molecule has 0 radical (unpaired) electrons. The fourth-order valence-electron chi connectivity index (χ4n) is 2.30. The third-order valence-electron chi connectivity index (χ3n) is 3.56. The summed E-state index contributed by atoms with van der Waals surface area (Å²) in [5.41, 5.74) is 0. The molecule has 0 atom stereocenters. The molecular formula is C14H19F2N3O3S. The molecule has 1 aromatic rings. The van der Waals surface area contributed by atoms with E-state index in [1.54, 1.807) is 0 Å². The van der Waals surface area contributed by atoms with Gasteiger partial charge in [0.2, 0.25) is 10.0 Å². The largest absolute Gasteiger partial charge is 0.338 e. The first-order chi connectivity index (χ1) is 10.9. The monoisotopic (exact) mass is 347 g/mol. The minimum absolute atomic E-state index is 0.0681. The van der Waals surface area contributed by atoms with E-state index in [9.17, 15) is 22.0 Å². The molecule has 0 bridgehead atoms. The number of urea groups is 1. The van der Waals surface area contributed by atoms with Crippen LogP contribution in [0.4, 0.5) is 13.6 Å². The van der Waals surface area contributed by atoms with Crippen LogP contribution in [-0.2, 0) is 10.0 Å². The number of piperazine rings is 1. The molecule has 0 unspecified atom stereocenters. The van der Waals surface area contributed by atoms with Crippen molar-refractivity contribution in [2.24, 2.45) is 0 Å². The van der Waals surface area contributed by atoms with Crippen molar-refractivity contribution < 1.29 is 22.0 Å². The predicted octanol–water partition coefficient (Wildman–Crippen LogP) is 1.39. The molecule has 2 amide bonds. The molecule has 6 nitrogen and oxygen atoms in total. The second-order valence-corrected chi connectivity index (χ2v) is 7.10. The highest BCUT2D eigenvalue weighted by Gasteiger charge is 2.31. The van der Waals surface area contributed by atoms with Gasteiger partial charge < -0.3 is 10.2 Å². The summed E-state index contributed by atoms with van der Waals surface area (Å²) < 4.78 is 52.6. The number of nitrogens with one attached hydrogen (secondary N) is 1. The van der Waals surface area contributed by atoms with E-state index in [1.165, 1.54) is 4.90 Å². The third kappa shape index (κ3) is 3.97. The maximum absolute atomic E-state index is 13.7. The molecule has 2 rings (SSSR count). The van der Waals surface area contributed by atoms with Crippen molar-refractivity contribution in [3.05, 3.63) is 29.8 Å². The van der Waals surface area contributed by atoms with Gasteiger partial charge in [-0.25, -0.2) is 22.0 Å². The number of nitrogens with zero attached hydrogens (tertiary/aromatic N) is 2. The van der Waals surface area contributed by atoms with Crippen LogP contribution in [0.5, 0.6) is 0 Å². The highest BCUT2D eigenvalue weighted by molar-refractivity contribution is 7.89. The molecule has 9 heteroatoms. The third-order valence-corrected chi connectivity index (χ3v) is 5.50. The van der Waals surface area contributed by atoms with Crippen molar-refractivity contribution in [2.75, 3.05) is 32.7 Å². The molecule has 1 saturated heterocycles. The van der Waals surface area contributed by atoms with Gasteiger partial charge in [0.1, 0.15) is 16.5 Å². The Bertz CT molecular complexity index is 674. The molecule has 1 aliphatic rings. The highest BCUT2D eigenvalue weighted by Crippen LogP contribution is 2.21. The van der Waals surface area contributed by atoms with Gasteiger partial charge in [0.05, 0.1) is 0 Å². The summed E-state index contributed by atoms with van der Waals surface area (Å²) in [7, 11) is -4.04. The average Bonchev–Trinajstić information content (AvgIpc) is 2.52. The SMILES string of the molecule is CCCNC(=O)N1CCN(S(=O)(=O)c2ccc(F)cc2F)CC1. The van der Waals surface area contributed by atoms with E-state index < -0.39 is 26.6 Å². The molecule has 23 heavy (non-hydrogen) atoms. The molecule has 0 saturated carbocycles. The fourth-order valence-corrected chi connectivity index (χ4v) is 3.77. The van der Waals surface area contributed by atoms with Gasteiger partial charge in [-0.1, -0.05) is 6.92 Å². The number of amides is 2. The Kier molecular flexibility index (Phi) is 5.53. The number of hydrogen-bond donors (Lipinski definition) is 1. The van der Waals surface area contributed by atoms with Gasteiger partial charge in [-0.2, -0.15) is 4.31 Å². The summed E-state index contributed by atoms with van der Waals surface area (Å²) in [6, 6.07) is 2.13. The van der Waals surface area contributed by atoms with E-state index in [4.69, 9.17) is 0 Å². The zero-order valence-electron chi connectivity index (χ0n) is 12.8. The second kappa shape index (κ2) is 7.22. The number of hydrogen-bond acceptors (Lipinski definition) is 3. The van der Waals surface area contributed by atoms with Crippen LogP contribution in [0.2, 0.25) is 0 Å².